The van der Waals surface area contributed by atoms with Gasteiger partial charge in [0, 0.05) is 27.2 Å². The average molecular weight is 329 g/mol. The fraction of sp³-hybridized carbons (Fsp3) is 0.438. The minimum absolute atomic E-state index is 0.307. The molecule has 1 atom stereocenters. The Balaban J connectivity index is 1.95. The van der Waals surface area contributed by atoms with Gasteiger partial charge in [0.15, 0.2) is 11.2 Å². The van der Waals surface area contributed by atoms with Gasteiger partial charge in [-0.3, -0.25) is 13.9 Å². The van der Waals surface area contributed by atoms with Crippen LogP contribution >= 0.6 is 0 Å². The molecule has 1 aliphatic rings. The maximum atomic E-state index is 12.6. The van der Waals surface area contributed by atoms with Gasteiger partial charge in [-0.15, -0.1) is 0 Å². The average Bonchev–Trinajstić information content (AvgIpc) is 3.18. The van der Waals surface area contributed by atoms with E-state index in [1.165, 1.54) is 11.6 Å². The number of imidazole rings is 1. The highest BCUT2D eigenvalue weighted by Crippen LogP contribution is 2.28. The summed E-state index contributed by atoms with van der Waals surface area (Å²) < 4.78 is 9.93. The van der Waals surface area contributed by atoms with E-state index >= 15 is 0 Å². The molecule has 126 valence electrons. The molecule has 24 heavy (non-hydrogen) atoms. The summed E-state index contributed by atoms with van der Waals surface area (Å²) in [6, 6.07) is 3.77. The van der Waals surface area contributed by atoms with Crippen LogP contribution in [0, 0.1) is 5.92 Å². The molecule has 0 aromatic carbocycles. The number of hydrogen-bond donors (Lipinski definition) is 0. The van der Waals surface area contributed by atoms with E-state index in [2.05, 4.69) is 16.8 Å². The van der Waals surface area contributed by atoms with Crippen molar-refractivity contribution in [3.05, 3.63) is 45.0 Å². The molecule has 3 aromatic heterocycles. The van der Waals surface area contributed by atoms with Gasteiger partial charge in [0.1, 0.15) is 5.76 Å². The van der Waals surface area contributed by atoms with Crippen molar-refractivity contribution in [2.24, 2.45) is 20.0 Å². The standard InChI is InChI=1S/C16H19N5O3/c1-10-7-20(9-11-5-4-6-24-11)15-17-13-12(21(15)8-10)14(22)19(3)16(23)18(13)2/h4-6,10H,7-9H2,1-3H3/t10-/m0/s1. The number of rotatable bonds is 2. The molecule has 3 aromatic rings. The number of anilines is 1. The first-order valence-electron chi connectivity index (χ1n) is 7.91. The van der Waals surface area contributed by atoms with Crippen molar-refractivity contribution in [1.82, 2.24) is 18.7 Å². The predicted molar refractivity (Wildman–Crippen MR) is 89.1 cm³/mol. The number of furan rings is 1. The first-order valence-corrected chi connectivity index (χ1v) is 7.91. The van der Waals surface area contributed by atoms with Crippen LogP contribution in [0.15, 0.2) is 32.4 Å². The minimum atomic E-state index is -0.367. The zero-order chi connectivity index (χ0) is 17.0. The van der Waals surface area contributed by atoms with Crippen molar-refractivity contribution in [1.29, 1.82) is 0 Å². The maximum absolute atomic E-state index is 12.6. The van der Waals surface area contributed by atoms with Gasteiger partial charge in [-0.25, -0.2) is 4.79 Å². The maximum Gasteiger partial charge on any atom is 0.332 e. The molecule has 0 N–H and O–H groups in total. The highest BCUT2D eigenvalue weighted by atomic mass is 16.3. The summed E-state index contributed by atoms with van der Waals surface area (Å²) in [5.41, 5.74) is 0.231. The lowest BCUT2D eigenvalue weighted by Crippen LogP contribution is -2.39. The van der Waals surface area contributed by atoms with Gasteiger partial charge in [-0.05, 0) is 18.1 Å². The molecule has 8 nitrogen and oxygen atoms in total. The Morgan fingerprint density at radius 1 is 1.25 bits per heavy atom. The van der Waals surface area contributed by atoms with Crippen molar-refractivity contribution in [3.63, 3.8) is 0 Å². The van der Waals surface area contributed by atoms with Gasteiger partial charge >= 0.3 is 5.69 Å². The normalized spacial score (nSPS) is 17.5. The van der Waals surface area contributed by atoms with Crippen molar-refractivity contribution in [2.45, 2.75) is 20.0 Å². The zero-order valence-corrected chi connectivity index (χ0v) is 13.9. The number of aryl methyl sites for hydroxylation is 1. The van der Waals surface area contributed by atoms with Gasteiger partial charge in [-0.2, -0.15) is 4.98 Å². The summed E-state index contributed by atoms with van der Waals surface area (Å²) in [6.45, 7) is 4.23. The van der Waals surface area contributed by atoms with Gasteiger partial charge in [0.2, 0.25) is 5.95 Å². The van der Waals surface area contributed by atoms with Crippen LogP contribution in [0.5, 0.6) is 0 Å². The highest BCUT2D eigenvalue weighted by Gasteiger charge is 2.28. The molecule has 0 bridgehead atoms. The van der Waals surface area contributed by atoms with E-state index in [0.717, 1.165) is 16.9 Å². The molecule has 4 heterocycles. The third-order valence-corrected chi connectivity index (χ3v) is 4.56. The predicted octanol–water partition coefficient (Wildman–Crippen LogP) is 0.683. The van der Waals surface area contributed by atoms with E-state index < -0.39 is 0 Å². The Hall–Kier alpha value is -2.77. The van der Waals surface area contributed by atoms with Crippen LogP contribution in [-0.4, -0.2) is 25.2 Å². The highest BCUT2D eigenvalue weighted by molar-refractivity contribution is 5.74. The van der Waals surface area contributed by atoms with Gasteiger partial charge in [0.05, 0.1) is 12.8 Å². The largest absolute Gasteiger partial charge is 0.467 e. The fourth-order valence-electron chi connectivity index (χ4n) is 3.40. The first kappa shape index (κ1) is 14.8. The number of fused-ring (bicyclic) bond motifs is 3. The third-order valence-electron chi connectivity index (χ3n) is 4.56. The molecule has 0 unspecified atom stereocenters. The molecule has 0 amide bonds. The summed E-state index contributed by atoms with van der Waals surface area (Å²) in [7, 11) is 3.14. The molecule has 0 radical (unpaired) electrons. The Morgan fingerprint density at radius 2 is 2.04 bits per heavy atom. The molecule has 0 aliphatic carbocycles. The second-order valence-corrected chi connectivity index (χ2v) is 6.47. The molecule has 0 spiro atoms. The monoisotopic (exact) mass is 329 g/mol. The Bertz CT molecular complexity index is 1020. The number of hydrogen-bond acceptors (Lipinski definition) is 5. The minimum Gasteiger partial charge on any atom is -0.467 e. The summed E-state index contributed by atoms with van der Waals surface area (Å²) in [5.74, 6) is 1.90. The van der Waals surface area contributed by atoms with Gasteiger partial charge in [0.25, 0.3) is 5.56 Å². The van der Waals surface area contributed by atoms with E-state index in [9.17, 15) is 9.59 Å². The molecule has 8 heteroatoms. The third kappa shape index (κ3) is 2.02. The van der Waals surface area contributed by atoms with Crippen molar-refractivity contribution in [3.8, 4) is 0 Å². The molecular formula is C16H19N5O3. The summed E-state index contributed by atoms with van der Waals surface area (Å²) in [5, 5.41) is 0. The van der Waals surface area contributed by atoms with Crippen molar-refractivity contribution >= 4 is 17.1 Å². The zero-order valence-electron chi connectivity index (χ0n) is 13.9. The summed E-state index contributed by atoms with van der Waals surface area (Å²) in [4.78, 5) is 31.5. The Labute approximate surface area is 137 Å². The van der Waals surface area contributed by atoms with Crippen LogP contribution in [0.4, 0.5) is 5.95 Å². The fourth-order valence-corrected chi connectivity index (χ4v) is 3.40. The van der Waals surface area contributed by atoms with Gasteiger partial charge < -0.3 is 13.9 Å². The number of nitrogens with zero attached hydrogens (tertiary/aromatic N) is 5. The van der Waals surface area contributed by atoms with Crippen LogP contribution in [0.1, 0.15) is 12.7 Å². The van der Waals surface area contributed by atoms with E-state index in [1.807, 2.05) is 16.7 Å². The summed E-state index contributed by atoms with van der Waals surface area (Å²) >= 11 is 0. The van der Waals surface area contributed by atoms with E-state index in [1.54, 1.807) is 13.3 Å². The lowest BCUT2D eigenvalue weighted by atomic mass is 10.1. The topological polar surface area (TPSA) is 78.2 Å². The smallest absolute Gasteiger partial charge is 0.332 e. The SMILES string of the molecule is C[C@H]1CN(Cc2ccco2)c2nc3c(c(=O)n(C)c(=O)n3C)n2C1. The second kappa shape index (κ2) is 5.12. The van der Waals surface area contributed by atoms with Crippen molar-refractivity contribution in [2.75, 3.05) is 11.4 Å². The van der Waals surface area contributed by atoms with Crippen LogP contribution in [0.25, 0.3) is 11.2 Å². The quantitative estimate of drug-likeness (QED) is 0.691. The van der Waals surface area contributed by atoms with Crippen molar-refractivity contribution < 1.29 is 4.42 Å². The molecular weight excluding hydrogens is 310 g/mol. The lowest BCUT2D eigenvalue weighted by molar-refractivity contribution is 0.417. The molecule has 0 fully saturated rings. The molecule has 0 saturated heterocycles. The Kier molecular flexibility index (Phi) is 3.16. The second-order valence-electron chi connectivity index (χ2n) is 6.47. The van der Waals surface area contributed by atoms with Crippen LogP contribution in [0.3, 0.4) is 0 Å². The first-order chi connectivity index (χ1) is 11.5. The van der Waals surface area contributed by atoms with E-state index in [-0.39, 0.29) is 11.2 Å². The number of aromatic nitrogens is 4. The van der Waals surface area contributed by atoms with Crippen LogP contribution in [0.2, 0.25) is 0 Å². The molecule has 1 aliphatic heterocycles. The Morgan fingerprint density at radius 3 is 2.75 bits per heavy atom. The van der Waals surface area contributed by atoms with E-state index in [4.69, 9.17) is 4.42 Å². The molecule has 4 rings (SSSR count). The lowest BCUT2D eigenvalue weighted by Gasteiger charge is -2.32. The van der Waals surface area contributed by atoms with Crippen LogP contribution < -0.4 is 16.1 Å². The van der Waals surface area contributed by atoms with E-state index in [0.29, 0.717) is 36.1 Å². The van der Waals surface area contributed by atoms with Crippen LogP contribution in [-0.2, 0) is 27.2 Å². The van der Waals surface area contributed by atoms with Gasteiger partial charge in [-0.1, -0.05) is 6.92 Å². The summed E-state index contributed by atoms with van der Waals surface area (Å²) in [6.07, 6.45) is 1.64. The molecule has 0 saturated carbocycles.